The fraction of sp³-hybridized carbons (Fsp3) is 0.348. The quantitative estimate of drug-likeness (QED) is 0.364. The van der Waals surface area contributed by atoms with Crippen molar-refractivity contribution in [1.29, 1.82) is 0 Å². The number of nitrogens with zero attached hydrogens (tertiary/aromatic N) is 3. The van der Waals surface area contributed by atoms with Gasteiger partial charge in [0.2, 0.25) is 0 Å². The van der Waals surface area contributed by atoms with E-state index in [0.29, 0.717) is 18.3 Å². The summed E-state index contributed by atoms with van der Waals surface area (Å²) in [5.41, 5.74) is -1.49. The Balaban J connectivity index is 1.74. The third-order valence-corrected chi connectivity index (χ3v) is 5.28. The number of carboxylic acid groups (broad SMARTS) is 1. The summed E-state index contributed by atoms with van der Waals surface area (Å²) in [5.74, 6) is -2.87. The number of hydrogen-bond donors (Lipinski definition) is 1. The van der Waals surface area contributed by atoms with Crippen molar-refractivity contribution in [2.24, 2.45) is 5.92 Å². The number of carboxylic acids is 1. The molecule has 0 amide bonds. The molecule has 1 aliphatic carbocycles. The molecule has 0 bridgehead atoms. The molecule has 1 atom stereocenters. The van der Waals surface area contributed by atoms with Crippen LogP contribution in [0, 0.1) is 5.92 Å². The van der Waals surface area contributed by atoms with Gasteiger partial charge in [0, 0.05) is 31.1 Å². The summed E-state index contributed by atoms with van der Waals surface area (Å²) in [6, 6.07) is 6.15. The first-order valence-corrected chi connectivity index (χ1v) is 10.5. The van der Waals surface area contributed by atoms with Gasteiger partial charge in [0.1, 0.15) is 11.6 Å². The van der Waals surface area contributed by atoms with Crippen LogP contribution in [0.25, 0.3) is 0 Å². The minimum Gasteiger partial charge on any atom is -0.492 e. The summed E-state index contributed by atoms with van der Waals surface area (Å²) in [6.45, 7) is -0.00629. The van der Waals surface area contributed by atoms with Gasteiger partial charge in [-0.1, -0.05) is 18.2 Å². The monoisotopic (exact) mass is 501 g/mol. The largest absolute Gasteiger partial charge is 0.492 e. The van der Waals surface area contributed by atoms with E-state index in [9.17, 15) is 31.1 Å². The van der Waals surface area contributed by atoms with Crippen molar-refractivity contribution in [3.63, 3.8) is 0 Å². The van der Waals surface area contributed by atoms with Crippen molar-refractivity contribution in [1.82, 2.24) is 9.97 Å². The van der Waals surface area contributed by atoms with Gasteiger partial charge in [-0.05, 0) is 36.6 Å². The lowest BCUT2D eigenvalue weighted by Crippen LogP contribution is -2.36. The molecule has 6 nitrogen and oxygen atoms in total. The molecule has 0 radical (unpaired) electrons. The highest BCUT2D eigenvalue weighted by atomic mass is 19.4. The molecule has 0 fully saturated rings. The Kier molecular flexibility index (Phi) is 8.03. The molecule has 1 unspecified atom stereocenters. The van der Waals surface area contributed by atoms with Gasteiger partial charge in [0.25, 0.3) is 0 Å². The van der Waals surface area contributed by atoms with E-state index in [2.05, 4.69) is 9.97 Å². The topological polar surface area (TPSA) is 75.6 Å². The van der Waals surface area contributed by atoms with Crippen molar-refractivity contribution in [2.75, 3.05) is 24.6 Å². The molecule has 12 heteroatoms. The number of aromatic carboxylic acids is 1. The summed E-state index contributed by atoms with van der Waals surface area (Å²) in [6.07, 6.45) is -5.03. The first-order chi connectivity index (χ1) is 16.4. The third kappa shape index (κ3) is 7.20. The molecule has 1 N–H and O–H groups in total. The summed E-state index contributed by atoms with van der Waals surface area (Å²) in [7, 11) is 0. The molecule has 0 spiro atoms. The summed E-state index contributed by atoms with van der Waals surface area (Å²) in [4.78, 5) is 20.5. The van der Waals surface area contributed by atoms with E-state index in [4.69, 9.17) is 9.84 Å². The Bertz CT molecular complexity index is 1080. The van der Waals surface area contributed by atoms with Crippen LogP contribution < -0.4 is 9.64 Å². The van der Waals surface area contributed by atoms with E-state index >= 15 is 0 Å². The molecule has 35 heavy (non-hydrogen) atoms. The van der Waals surface area contributed by atoms with Crippen molar-refractivity contribution in [3.05, 3.63) is 71.7 Å². The highest BCUT2D eigenvalue weighted by molar-refractivity contribution is 5.87. The number of rotatable bonds is 9. The van der Waals surface area contributed by atoms with Gasteiger partial charge in [0.05, 0.1) is 24.3 Å². The molecule has 2 aromatic heterocycles. The van der Waals surface area contributed by atoms with Gasteiger partial charge in [-0.25, -0.2) is 9.78 Å². The van der Waals surface area contributed by atoms with Gasteiger partial charge in [-0.2, -0.15) is 26.3 Å². The molecule has 2 heterocycles. The maximum Gasteiger partial charge on any atom is 0.412 e. The number of anilines is 1. The highest BCUT2D eigenvalue weighted by Gasteiger charge is 2.47. The SMILES string of the molecule is O=C(O)c1cncc(OCCCN(CC2=CC=C(C(F)(F)F)CC2C(F)(F)F)c2ccccn2)c1. The number of alkyl halides is 6. The first kappa shape index (κ1) is 26.0. The summed E-state index contributed by atoms with van der Waals surface area (Å²) < 4.78 is 85.6. The molecular formula is C23H21F6N3O3. The van der Waals surface area contributed by atoms with E-state index in [1.54, 1.807) is 18.2 Å². The Morgan fingerprint density at radius 1 is 1.14 bits per heavy atom. The van der Waals surface area contributed by atoms with Crippen molar-refractivity contribution >= 4 is 11.8 Å². The van der Waals surface area contributed by atoms with E-state index < -0.39 is 36.2 Å². The van der Waals surface area contributed by atoms with E-state index in [1.165, 1.54) is 23.4 Å². The van der Waals surface area contributed by atoms with Crippen LogP contribution in [0.5, 0.6) is 5.75 Å². The number of pyridine rings is 2. The smallest absolute Gasteiger partial charge is 0.412 e. The van der Waals surface area contributed by atoms with Gasteiger partial charge < -0.3 is 14.7 Å². The molecule has 0 aliphatic heterocycles. The number of allylic oxidation sites excluding steroid dienone is 3. The number of carbonyl (C=O) groups is 1. The van der Waals surface area contributed by atoms with Crippen LogP contribution in [0.1, 0.15) is 23.2 Å². The molecule has 2 aromatic rings. The Hall–Kier alpha value is -3.57. The molecular weight excluding hydrogens is 480 g/mol. The molecule has 188 valence electrons. The predicted octanol–water partition coefficient (Wildman–Crippen LogP) is 5.45. The zero-order chi connectivity index (χ0) is 25.6. The van der Waals surface area contributed by atoms with E-state index in [-0.39, 0.29) is 36.6 Å². The Morgan fingerprint density at radius 2 is 1.91 bits per heavy atom. The Labute approximate surface area is 196 Å². The zero-order valence-corrected chi connectivity index (χ0v) is 18.2. The average molecular weight is 501 g/mol. The molecule has 3 rings (SSSR count). The zero-order valence-electron chi connectivity index (χ0n) is 18.2. The number of hydrogen-bond acceptors (Lipinski definition) is 5. The van der Waals surface area contributed by atoms with Crippen molar-refractivity contribution in [3.8, 4) is 5.75 Å². The van der Waals surface area contributed by atoms with Crippen molar-refractivity contribution in [2.45, 2.75) is 25.2 Å². The molecule has 1 aliphatic rings. The number of aromatic nitrogens is 2. The Morgan fingerprint density at radius 3 is 2.54 bits per heavy atom. The maximum atomic E-state index is 13.7. The fourth-order valence-corrected chi connectivity index (χ4v) is 3.54. The summed E-state index contributed by atoms with van der Waals surface area (Å²) in [5, 5.41) is 9.01. The van der Waals surface area contributed by atoms with E-state index in [1.807, 2.05) is 0 Å². The lowest BCUT2D eigenvalue weighted by atomic mass is 9.85. The number of halogens is 6. The maximum absolute atomic E-state index is 13.7. The highest BCUT2D eigenvalue weighted by Crippen LogP contribution is 2.43. The van der Waals surface area contributed by atoms with E-state index in [0.717, 1.165) is 12.3 Å². The second kappa shape index (κ2) is 10.8. The average Bonchev–Trinajstić information content (AvgIpc) is 2.80. The van der Waals surface area contributed by atoms with Crippen LogP contribution in [0.2, 0.25) is 0 Å². The normalized spacial score (nSPS) is 16.3. The minimum absolute atomic E-state index is 0.0636. The van der Waals surface area contributed by atoms with Crippen molar-refractivity contribution < 1.29 is 41.0 Å². The second-order valence-corrected chi connectivity index (χ2v) is 7.76. The molecule has 0 saturated carbocycles. The lowest BCUT2D eigenvalue weighted by Gasteiger charge is -2.32. The van der Waals surface area contributed by atoms with Crippen LogP contribution in [0.3, 0.4) is 0 Å². The minimum atomic E-state index is -4.85. The van der Waals surface area contributed by atoms with Crippen LogP contribution in [-0.2, 0) is 0 Å². The van der Waals surface area contributed by atoms with Crippen LogP contribution in [0.15, 0.2) is 66.2 Å². The molecule has 0 aromatic carbocycles. The lowest BCUT2D eigenvalue weighted by molar-refractivity contribution is -0.168. The van der Waals surface area contributed by atoms with Gasteiger partial charge in [0.15, 0.2) is 0 Å². The predicted molar refractivity (Wildman–Crippen MR) is 114 cm³/mol. The first-order valence-electron chi connectivity index (χ1n) is 10.5. The standard InChI is InChI=1S/C23H21F6N3O3/c24-22(25,26)17-6-5-15(19(11-17)23(27,28)29)14-32(20-4-1-2-7-31-20)8-3-9-35-18-10-16(21(33)34)12-30-13-18/h1-2,4-7,10,12-13,19H,3,8-9,11,14H2,(H,33,34). The third-order valence-electron chi connectivity index (χ3n) is 5.28. The number of ether oxygens (including phenoxy) is 1. The van der Waals surface area contributed by atoms with Gasteiger partial charge >= 0.3 is 18.3 Å². The van der Waals surface area contributed by atoms with Crippen LogP contribution in [-0.4, -0.2) is 53.1 Å². The van der Waals surface area contributed by atoms with Crippen LogP contribution >= 0.6 is 0 Å². The van der Waals surface area contributed by atoms with Gasteiger partial charge in [-0.3, -0.25) is 4.98 Å². The van der Waals surface area contributed by atoms with Crippen LogP contribution in [0.4, 0.5) is 32.2 Å². The van der Waals surface area contributed by atoms with Gasteiger partial charge in [-0.15, -0.1) is 0 Å². The summed E-state index contributed by atoms with van der Waals surface area (Å²) >= 11 is 0. The molecule has 0 saturated heterocycles. The second-order valence-electron chi connectivity index (χ2n) is 7.76. The fourth-order valence-electron chi connectivity index (χ4n) is 3.54.